The van der Waals surface area contributed by atoms with Gasteiger partial charge in [-0.15, -0.1) is 0 Å². The predicted octanol–water partition coefficient (Wildman–Crippen LogP) is 3.75. The highest BCUT2D eigenvalue weighted by Crippen LogP contribution is 2.30. The SMILES string of the molecule is CNCc1cn(S(=O)(=O)c2cccnc2)c2cc(Nc3ccc(C)nc3C)ccc12. The van der Waals surface area contributed by atoms with Crippen molar-refractivity contribution >= 4 is 32.3 Å². The van der Waals surface area contributed by atoms with E-state index in [2.05, 4.69) is 20.6 Å². The summed E-state index contributed by atoms with van der Waals surface area (Å²) in [6.45, 7) is 4.44. The molecule has 3 heterocycles. The zero-order valence-corrected chi connectivity index (χ0v) is 17.9. The summed E-state index contributed by atoms with van der Waals surface area (Å²) in [5.41, 5.74) is 4.99. The number of fused-ring (bicyclic) bond motifs is 1. The number of nitrogens with zero attached hydrogens (tertiary/aromatic N) is 3. The number of anilines is 2. The van der Waals surface area contributed by atoms with E-state index in [9.17, 15) is 8.42 Å². The largest absolute Gasteiger partial charge is 0.354 e. The number of aromatic nitrogens is 3. The number of nitrogens with one attached hydrogen (secondary N) is 2. The first kappa shape index (κ1) is 20.1. The Hall–Kier alpha value is -3.23. The Morgan fingerprint density at radius 1 is 1.10 bits per heavy atom. The molecule has 1 aromatic carbocycles. The van der Waals surface area contributed by atoms with E-state index >= 15 is 0 Å². The van der Waals surface area contributed by atoms with Gasteiger partial charge in [-0.2, -0.15) is 0 Å². The van der Waals surface area contributed by atoms with Crippen molar-refractivity contribution in [3.05, 3.63) is 78.0 Å². The van der Waals surface area contributed by atoms with Crippen molar-refractivity contribution in [1.29, 1.82) is 0 Å². The molecule has 0 saturated heterocycles. The van der Waals surface area contributed by atoms with Crippen LogP contribution in [0.15, 0.2) is 66.0 Å². The van der Waals surface area contributed by atoms with Crippen LogP contribution in [0, 0.1) is 13.8 Å². The van der Waals surface area contributed by atoms with Crippen molar-refractivity contribution in [1.82, 2.24) is 19.3 Å². The topological polar surface area (TPSA) is 88.9 Å². The van der Waals surface area contributed by atoms with Crippen molar-refractivity contribution in [2.45, 2.75) is 25.3 Å². The van der Waals surface area contributed by atoms with Crippen LogP contribution in [0.3, 0.4) is 0 Å². The second-order valence-electron chi connectivity index (χ2n) is 7.12. The summed E-state index contributed by atoms with van der Waals surface area (Å²) in [6.07, 6.45) is 4.59. The minimum atomic E-state index is -3.78. The Morgan fingerprint density at radius 2 is 1.93 bits per heavy atom. The Kier molecular flexibility index (Phi) is 5.27. The van der Waals surface area contributed by atoms with E-state index in [0.29, 0.717) is 12.1 Å². The third-order valence-electron chi connectivity index (χ3n) is 4.92. The van der Waals surface area contributed by atoms with E-state index in [1.54, 1.807) is 24.5 Å². The van der Waals surface area contributed by atoms with E-state index in [0.717, 1.165) is 33.7 Å². The highest BCUT2D eigenvalue weighted by Gasteiger charge is 2.21. The van der Waals surface area contributed by atoms with Crippen LogP contribution in [0.1, 0.15) is 17.0 Å². The fourth-order valence-corrected chi connectivity index (χ4v) is 4.81. The zero-order chi connectivity index (χ0) is 21.3. The van der Waals surface area contributed by atoms with Crippen molar-refractivity contribution in [3.63, 3.8) is 0 Å². The van der Waals surface area contributed by atoms with Crippen LogP contribution in [0.5, 0.6) is 0 Å². The van der Waals surface area contributed by atoms with Gasteiger partial charge in [-0.25, -0.2) is 12.4 Å². The summed E-state index contributed by atoms with van der Waals surface area (Å²) in [5.74, 6) is 0. The third kappa shape index (κ3) is 3.67. The molecule has 0 atom stereocenters. The highest BCUT2D eigenvalue weighted by atomic mass is 32.2. The van der Waals surface area contributed by atoms with Gasteiger partial charge in [0.1, 0.15) is 4.90 Å². The molecule has 30 heavy (non-hydrogen) atoms. The number of pyridine rings is 2. The van der Waals surface area contributed by atoms with Gasteiger partial charge in [0, 0.05) is 41.9 Å². The molecule has 0 amide bonds. The number of rotatable bonds is 6. The summed E-state index contributed by atoms with van der Waals surface area (Å²) < 4.78 is 27.9. The van der Waals surface area contributed by atoms with Crippen molar-refractivity contribution in [2.75, 3.05) is 12.4 Å². The molecule has 7 nitrogen and oxygen atoms in total. The molecule has 154 valence electrons. The molecule has 0 unspecified atom stereocenters. The average Bonchev–Trinajstić information content (AvgIpc) is 3.10. The zero-order valence-electron chi connectivity index (χ0n) is 17.0. The summed E-state index contributed by atoms with van der Waals surface area (Å²) in [4.78, 5) is 8.59. The molecule has 0 aliphatic heterocycles. The molecule has 4 rings (SSSR count). The van der Waals surface area contributed by atoms with Crippen LogP contribution in [-0.4, -0.2) is 29.4 Å². The standard InChI is InChI=1S/C22H23N5O2S/c1-15-6-9-21(16(2)25-15)26-18-7-8-20-17(12-23-3)14-27(22(20)11-18)30(28,29)19-5-4-10-24-13-19/h4-11,13-14,23,26H,12H2,1-3H3. The van der Waals surface area contributed by atoms with Gasteiger partial charge < -0.3 is 10.6 Å². The van der Waals surface area contributed by atoms with Crippen molar-refractivity contribution in [2.24, 2.45) is 0 Å². The smallest absolute Gasteiger partial charge is 0.269 e. The first-order valence-corrected chi connectivity index (χ1v) is 11.0. The quantitative estimate of drug-likeness (QED) is 0.493. The fraction of sp³-hybridized carbons (Fsp3) is 0.182. The van der Waals surface area contributed by atoms with Gasteiger partial charge in [0.15, 0.2) is 0 Å². The monoisotopic (exact) mass is 421 g/mol. The number of benzene rings is 1. The normalized spacial score (nSPS) is 11.7. The van der Waals surface area contributed by atoms with Crippen LogP contribution < -0.4 is 10.6 Å². The second-order valence-corrected chi connectivity index (χ2v) is 8.93. The molecule has 0 radical (unpaired) electrons. The predicted molar refractivity (Wildman–Crippen MR) is 119 cm³/mol. The average molecular weight is 422 g/mol. The maximum atomic E-state index is 13.3. The van der Waals surface area contributed by atoms with E-state index in [4.69, 9.17) is 0 Å². The van der Waals surface area contributed by atoms with Crippen LogP contribution in [-0.2, 0) is 16.6 Å². The molecular weight excluding hydrogens is 398 g/mol. The van der Waals surface area contributed by atoms with E-state index in [1.807, 2.05) is 51.2 Å². The molecule has 0 saturated carbocycles. The van der Waals surface area contributed by atoms with E-state index in [1.165, 1.54) is 10.2 Å². The molecule has 0 aliphatic rings. The molecule has 0 aliphatic carbocycles. The van der Waals surface area contributed by atoms with Crippen LogP contribution in [0.25, 0.3) is 10.9 Å². The Labute approximate surface area is 175 Å². The molecule has 0 spiro atoms. The second kappa shape index (κ2) is 7.89. The maximum Gasteiger partial charge on any atom is 0.269 e. The van der Waals surface area contributed by atoms with Gasteiger partial charge in [0.25, 0.3) is 10.0 Å². The van der Waals surface area contributed by atoms with Gasteiger partial charge in [0.2, 0.25) is 0 Å². The number of aryl methyl sites for hydroxylation is 2. The molecule has 2 N–H and O–H groups in total. The van der Waals surface area contributed by atoms with Crippen molar-refractivity contribution in [3.8, 4) is 0 Å². The molecule has 0 fully saturated rings. The summed E-state index contributed by atoms with van der Waals surface area (Å²) in [6, 6.07) is 12.8. The van der Waals surface area contributed by atoms with Crippen LogP contribution >= 0.6 is 0 Å². The van der Waals surface area contributed by atoms with Crippen molar-refractivity contribution < 1.29 is 8.42 Å². The molecule has 3 aromatic heterocycles. The number of hydrogen-bond donors (Lipinski definition) is 2. The minimum Gasteiger partial charge on any atom is -0.354 e. The van der Waals surface area contributed by atoms with Crippen LogP contribution in [0.2, 0.25) is 0 Å². The Balaban J connectivity index is 1.85. The lowest BCUT2D eigenvalue weighted by molar-refractivity contribution is 0.588. The minimum absolute atomic E-state index is 0.148. The number of hydrogen-bond acceptors (Lipinski definition) is 6. The van der Waals surface area contributed by atoms with E-state index in [-0.39, 0.29) is 4.90 Å². The summed E-state index contributed by atoms with van der Waals surface area (Å²) in [5, 5.41) is 7.33. The Bertz CT molecular complexity index is 1310. The first-order chi connectivity index (χ1) is 14.4. The van der Waals surface area contributed by atoms with Crippen LogP contribution in [0.4, 0.5) is 11.4 Å². The lowest BCUT2D eigenvalue weighted by Gasteiger charge is -2.11. The fourth-order valence-electron chi connectivity index (χ4n) is 3.46. The summed E-state index contributed by atoms with van der Waals surface area (Å²) >= 11 is 0. The maximum absolute atomic E-state index is 13.3. The van der Waals surface area contributed by atoms with Gasteiger partial charge in [-0.1, -0.05) is 6.07 Å². The molecule has 4 aromatic rings. The lowest BCUT2D eigenvalue weighted by Crippen LogP contribution is -2.12. The van der Waals surface area contributed by atoms with Gasteiger partial charge in [-0.05, 0) is 62.9 Å². The first-order valence-electron chi connectivity index (χ1n) is 9.55. The molecular formula is C22H23N5O2S. The lowest BCUT2D eigenvalue weighted by atomic mass is 10.1. The summed E-state index contributed by atoms with van der Waals surface area (Å²) in [7, 11) is -1.94. The van der Waals surface area contributed by atoms with Gasteiger partial charge in [-0.3, -0.25) is 9.97 Å². The van der Waals surface area contributed by atoms with Gasteiger partial charge >= 0.3 is 0 Å². The van der Waals surface area contributed by atoms with E-state index < -0.39 is 10.0 Å². The van der Waals surface area contributed by atoms with Gasteiger partial charge in [0.05, 0.1) is 16.9 Å². The molecule has 0 bridgehead atoms. The molecule has 8 heteroatoms. The third-order valence-corrected chi connectivity index (χ3v) is 6.57. The Morgan fingerprint density at radius 3 is 2.63 bits per heavy atom. The highest BCUT2D eigenvalue weighted by molar-refractivity contribution is 7.90.